The first-order chi connectivity index (χ1) is 10.5. The summed E-state index contributed by atoms with van der Waals surface area (Å²) in [4.78, 5) is 22.0. The average molecular weight is 299 g/mol. The summed E-state index contributed by atoms with van der Waals surface area (Å²) in [6, 6.07) is 11.7. The van der Waals surface area contributed by atoms with Crippen molar-refractivity contribution in [2.75, 3.05) is 0 Å². The average Bonchev–Trinajstić information content (AvgIpc) is 2.52. The lowest BCUT2D eigenvalue weighted by molar-refractivity contribution is -0.384. The minimum absolute atomic E-state index is 0.0104. The Hall–Kier alpha value is -3.22. The molecular weight excluding hydrogens is 286 g/mol. The van der Waals surface area contributed by atoms with Crippen molar-refractivity contribution < 1.29 is 14.8 Å². The maximum Gasteiger partial charge on any atom is 0.271 e. The molecule has 22 heavy (non-hydrogen) atoms. The molecule has 0 aliphatic carbocycles. The largest absolute Gasteiger partial charge is 0.508 e. The smallest absolute Gasteiger partial charge is 0.271 e. The molecule has 2 aromatic carbocycles. The van der Waals surface area contributed by atoms with Crippen LogP contribution in [0.1, 0.15) is 22.8 Å². The number of phenolic OH excluding ortho intramolecular Hbond substituents is 1. The van der Waals surface area contributed by atoms with Crippen molar-refractivity contribution in [2.45, 2.75) is 6.92 Å². The van der Waals surface area contributed by atoms with Crippen LogP contribution in [0, 0.1) is 10.1 Å². The molecule has 7 nitrogen and oxygen atoms in total. The molecule has 0 aliphatic rings. The van der Waals surface area contributed by atoms with Gasteiger partial charge in [-0.2, -0.15) is 5.10 Å². The lowest BCUT2D eigenvalue weighted by Gasteiger charge is -2.03. The number of nitrogens with one attached hydrogen (secondary N) is 1. The highest BCUT2D eigenvalue weighted by Gasteiger charge is 2.07. The number of nitro groups is 1. The molecule has 7 heteroatoms. The van der Waals surface area contributed by atoms with Gasteiger partial charge in [0, 0.05) is 17.7 Å². The summed E-state index contributed by atoms with van der Waals surface area (Å²) in [5, 5.41) is 23.8. The van der Waals surface area contributed by atoms with E-state index in [4.69, 9.17) is 0 Å². The minimum atomic E-state index is -0.486. The summed E-state index contributed by atoms with van der Waals surface area (Å²) >= 11 is 0. The van der Waals surface area contributed by atoms with Gasteiger partial charge in [-0.15, -0.1) is 0 Å². The van der Waals surface area contributed by atoms with E-state index in [-0.39, 0.29) is 17.0 Å². The molecule has 112 valence electrons. The molecule has 0 aliphatic heterocycles. The monoisotopic (exact) mass is 299 g/mol. The van der Waals surface area contributed by atoms with Crippen LogP contribution in [-0.2, 0) is 0 Å². The number of nitrogens with zero attached hydrogens (tertiary/aromatic N) is 2. The molecule has 2 N–H and O–H groups in total. The van der Waals surface area contributed by atoms with Gasteiger partial charge in [0.05, 0.1) is 10.6 Å². The lowest BCUT2D eigenvalue weighted by Crippen LogP contribution is -2.19. The van der Waals surface area contributed by atoms with Gasteiger partial charge in [-0.25, -0.2) is 5.43 Å². The van der Waals surface area contributed by atoms with Gasteiger partial charge in [0.15, 0.2) is 0 Å². The third-order valence-electron chi connectivity index (χ3n) is 2.93. The standard InChI is InChI=1S/C15H13N3O4/c1-10(11-5-7-13(8-6-11)18(21)22)16-17-15(20)12-3-2-4-14(19)9-12/h2-9,19H,1H3,(H,17,20). The fraction of sp³-hybridized carbons (Fsp3) is 0.0667. The second-order valence-corrected chi connectivity index (χ2v) is 4.49. The zero-order chi connectivity index (χ0) is 16.1. The first kappa shape index (κ1) is 15.2. The Morgan fingerprint density at radius 2 is 1.86 bits per heavy atom. The number of carbonyl (C=O) groups is 1. The van der Waals surface area contributed by atoms with E-state index >= 15 is 0 Å². The Bertz CT molecular complexity index is 739. The Labute approximate surface area is 126 Å². The first-order valence-electron chi connectivity index (χ1n) is 6.36. The zero-order valence-electron chi connectivity index (χ0n) is 11.7. The molecule has 0 bridgehead atoms. The number of amides is 1. The number of hydrogen-bond acceptors (Lipinski definition) is 5. The Balaban J connectivity index is 2.09. The molecule has 0 aromatic heterocycles. The number of hydrazone groups is 1. The molecule has 0 heterocycles. The molecule has 2 aromatic rings. The molecular formula is C15H13N3O4. The number of nitro benzene ring substituents is 1. The van der Waals surface area contributed by atoms with E-state index in [0.717, 1.165) is 0 Å². The summed E-state index contributed by atoms with van der Waals surface area (Å²) in [5.74, 6) is -0.471. The highest BCUT2D eigenvalue weighted by atomic mass is 16.6. The molecule has 0 fully saturated rings. The van der Waals surface area contributed by atoms with Crippen molar-refractivity contribution in [3.63, 3.8) is 0 Å². The second kappa shape index (κ2) is 6.49. The van der Waals surface area contributed by atoms with E-state index in [1.807, 2.05) is 0 Å². The fourth-order valence-electron chi connectivity index (χ4n) is 1.74. The molecule has 0 saturated heterocycles. The summed E-state index contributed by atoms with van der Waals surface area (Å²) in [6.45, 7) is 1.67. The third kappa shape index (κ3) is 3.66. The molecule has 2 rings (SSSR count). The number of aromatic hydroxyl groups is 1. The van der Waals surface area contributed by atoms with Crippen molar-refractivity contribution in [3.8, 4) is 5.75 Å². The molecule has 0 saturated carbocycles. The van der Waals surface area contributed by atoms with Gasteiger partial charge in [0.2, 0.25) is 0 Å². The van der Waals surface area contributed by atoms with E-state index in [1.54, 1.807) is 31.2 Å². The number of carbonyl (C=O) groups excluding carboxylic acids is 1. The van der Waals surface area contributed by atoms with Gasteiger partial charge in [-0.3, -0.25) is 14.9 Å². The van der Waals surface area contributed by atoms with E-state index in [1.165, 1.54) is 24.3 Å². The van der Waals surface area contributed by atoms with Crippen molar-refractivity contribution in [1.82, 2.24) is 5.43 Å². The van der Waals surface area contributed by atoms with Crippen LogP contribution in [0.5, 0.6) is 5.75 Å². The summed E-state index contributed by atoms with van der Waals surface area (Å²) in [7, 11) is 0. The van der Waals surface area contributed by atoms with Gasteiger partial charge >= 0.3 is 0 Å². The van der Waals surface area contributed by atoms with Crippen LogP contribution in [0.2, 0.25) is 0 Å². The zero-order valence-corrected chi connectivity index (χ0v) is 11.7. The van der Waals surface area contributed by atoms with Gasteiger partial charge in [-0.05, 0) is 42.8 Å². The van der Waals surface area contributed by atoms with E-state index < -0.39 is 10.8 Å². The molecule has 0 radical (unpaired) electrons. The quantitative estimate of drug-likeness (QED) is 0.514. The van der Waals surface area contributed by atoms with E-state index in [9.17, 15) is 20.0 Å². The lowest BCUT2D eigenvalue weighted by atomic mass is 10.1. The number of non-ortho nitro benzene ring substituents is 1. The number of benzene rings is 2. The van der Waals surface area contributed by atoms with Crippen LogP contribution in [0.4, 0.5) is 5.69 Å². The summed E-state index contributed by atoms with van der Waals surface area (Å²) in [6.07, 6.45) is 0. The van der Waals surface area contributed by atoms with Gasteiger partial charge in [-0.1, -0.05) is 6.07 Å². The highest BCUT2D eigenvalue weighted by molar-refractivity contribution is 6.01. The van der Waals surface area contributed by atoms with Crippen molar-refractivity contribution >= 4 is 17.3 Å². The van der Waals surface area contributed by atoms with Crippen LogP contribution in [0.3, 0.4) is 0 Å². The van der Waals surface area contributed by atoms with Crippen LogP contribution in [0.25, 0.3) is 0 Å². The molecule has 0 spiro atoms. The highest BCUT2D eigenvalue weighted by Crippen LogP contribution is 2.13. The first-order valence-corrected chi connectivity index (χ1v) is 6.36. The maximum atomic E-state index is 11.9. The third-order valence-corrected chi connectivity index (χ3v) is 2.93. The minimum Gasteiger partial charge on any atom is -0.508 e. The molecule has 1 amide bonds. The normalized spacial score (nSPS) is 11.0. The van der Waals surface area contributed by atoms with Gasteiger partial charge < -0.3 is 5.11 Å². The summed E-state index contributed by atoms with van der Waals surface area (Å²) < 4.78 is 0. The van der Waals surface area contributed by atoms with Gasteiger partial charge in [0.1, 0.15) is 5.75 Å². The number of hydrogen-bond donors (Lipinski definition) is 2. The van der Waals surface area contributed by atoms with E-state index in [0.29, 0.717) is 11.3 Å². The Morgan fingerprint density at radius 1 is 1.18 bits per heavy atom. The van der Waals surface area contributed by atoms with Crippen molar-refractivity contribution in [1.29, 1.82) is 0 Å². The van der Waals surface area contributed by atoms with E-state index in [2.05, 4.69) is 10.5 Å². The second-order valence-electron chi connectivity index (χ2n) is 4.49. The predicted molar refractivity (Wildman–Crippen MR) is 80.9 cm³/mol. The Kier molecular flexibility index (Phi) is 4.47. The van der Waals surface area contributed by atoms with Crippen LogP contribution >= 0.6 is 0 Å². The molecule has 0 atom stereocenters. The summed E-state index contributed by atoms with van der Waals surface area (Å²) in [5.41, 5.74) is 3.79. The van der Waals surface area contributed by atoms with Crippen molar-refractivity contribution in [3.05, 3.63) is 69.8 Å². The molecule has 0 unspecified atom stereocenters. The van der Waals surface area contributed by atoms with Crippen LogP contribution < -0.4 is 5.43 Å². The fourth-order valence-corrected chi connectivity index (χ4v) is 1.74. The number of rotatable bonds is 4. The van der Waals surface area contributed by atoms with Gasteiger partial charge in [0.25, 0.3) is 11.6 Å². The van der Waals surface area contributed by atoms with Crippen LogP contribution in [0.15, 0.2) is 53.6 Å². The topological polar surface area (TPSA) is 105 Å². The van der Waals surface area contributed by atoms with Crippen LogP contribution in [-0.4, -0.2) is 21.6 Å². The number of phenols is 1. The van der Waals surface area contributed by atoms with Crippen molar-refractivity contribution in [2.24, 2.45) is 5.10 Å². The Morgan fingerprint density at radius 3 is 2.45 bits per heavy atom. The predicted octanol–water partition coefficient (Wildman–Crippen LogP) is 2.45. The maximum absolute atomic E-state index is 11.9. The SMILES string of the molecule is CC(=NNC(=O)c1cccc(O)c1)c1ccc([N+](=O)[O-])cc1.